The van der Waals surface area contributed by atoms with Gasteiger partial charge in [-0.2, -0.15) is 0 Å². The highest BCUT2D eigenvalue weighted by molar-refractivity contribution is 7.09. The van der Waals surface area contributed by atoms with Crippen molar-refractivity contribution in [3.8, 4) is 0 Å². The van der Waals surface area contributed by atoms with E-state index in [1.807, 2.05) is 17.5 Å². The standard InChI is InChI=1S/C12H9N3O2S/c16-11-9-10(14-5-4-13-9)12(17)15(11)6-3-8-2-1-7-18-8/h1-2,4-5,7H,3,6H2. The molecule has 0 aliphatic carbocycles. The third-order valence-corrected chi connectivity index (χ3v) is 3.69. The van der Waals surface area contributed by atoms with Gasteiger partial charge in [0.15, 0.2) is 11.4 Å². The lowest BCUT2D eigenvalue weighted by atomic mass is 10.3. The Morgan fingerprint density at radius 3 is 2.33 bits per heavy atom. The first-order chi connectivity index (χ1) is 8.77. The minimum atomic E-state index is -0.348. The minimum Gasteiger partial charge on any atom is -0.271 e. The zero-order valence-electron chi connectivity index (χ0n) is 9.37. The summed E-state index contributed by atoms with van der Waals surface area (Å²) < 4.78 is 0. The van der Waals surface area contributed by atoms with E-state index in [0.29, 0.717) is 13.0 Å². The average molecular weight is 259 g/mol. The molecule has 3 rings (SSSR count). The molecule has 0 aromatic carbocycles. The maximum absolute atomic E-state index is 12.0. The van der Waals surface area contributed by atoms with Gasteiger partial charge in [-0.15, -0.1) is 11.3 Å². The Labute approximate surface area is 107 Å². The fraction of sp³-hybridized carbons (Fsp3) is 0.167. The van der Waals surface area contributed by atoms with E-state index in [1.54, 1.807) is 11.3 Å². The first-order valence-corrected chi connectivity index (χ1v) is 6.35. The third-order valence-electron chi connectivity index (χ3n) is 2.76. The molecule has 0 saturated heterocycles. The van der Waals surface area contributed by atoms with Gasteiger partial charge in [-0.1, -0.05) is 6.07 Å². The zero-order chi connectivity index (χ0) is 12.5. The lowest BCUT2D eigenvalue weighted by Crippen LogP contribution is -2.31. The third kappa shape index (κ3) is 1.70. The number of carbonyl (C=O) groups is 2. The van der Waals surface area contributed by atoms with E-state index < -0.39 is 0 Å². The van der Waals surface area contributed by atoms with Crippen molar-refractivity contribution in [2.24, 2.45) is 0 Å². The van der Waals surface area contributed by atoms with Crippen LogP contribution in [0.2, 0.25) is 0 Å². The minimum absolute atomic E-state index is 0.161. The van der Waals surface area contributed by atoms with Crippen LogP contribution in [0.4, 0.5) is 0 Å². The molecule has 6 heteroatoms. The van der Waals surface area contributed by atoms with Crippen LogP contribution in [-0.2, 0) is 6.42 Å². The van der Waals surface area contributed by atoms with Gasteiger partial charge in [0.2, 0.25) is 0 Å². The first-order valence-electron chi connectivity index (χ1n) is 5.47. The molecule has 2 aromatic rings. The van der Waals surface area contributed by atoms with Crippen molar-refractivity contribution in [1.82, 2.24) is 14.9 Å². The fourth-order valence-corrected chi connectivity index (χ4v) is 2.58. The molecule has 90 valence electrons. The molecule has 0 bridgehead atoms. The summed E-state index contributed by atoms with van der Waals surface area (Å²) in [5.74, 6) is -0.695. The van der Waals surface area contributed by atoms with Crippen LogP contribution in [0.1, 0.15) is 25.9 Å². The molecule has 3 heterocycles. The monoisotopic (exact) mass is 259 g/mol. The van der Waals surface area contributed by atoms with Gasteiger partial charge in [0, 0.05) is 23.8 Å². The van der Waals surface area contributed by atoms with Crippen LogP contribution in [0.25, 0.3) is 0 Å². The molecule has 0 saturated carbocycles. The van der Waals surface area contributed by atoms with E-state index in [4.69, 9.17) is 0 Å². The fourth-order valence-electron chi connectivity index (χ4n) is 1.88. The number of carbonyl (C=O) groups excluding carboxylic acids is 2. The van der Waals surface area contributed by atoms with Gasteiger partial charge >= 0.3 is 0 Å². The molecule has 0 radical (unpaired) electrons. The van der Waals surface area contributed by atoms with Crippen molar-refractivity contribution >= 4 is 23.2 Å². The number of hydrogen-bond acceptors (Lipinski definition) is 5. The summed E-state index contributed by atoms with van der Waals surface area (Å²) in [4.78, 5) is 34.1. The summed E-state index contributed by atoms with van der Waals surface area (Å²) in [6.07, 6.45) is 3.52. The quantitative estimate of drug-likeness (QED) is 0.781. The van der Waals surface area contributed by atoms with Crippen LogP contribution in [0, 0.1) is 0 Å². The molecule has 5 nitrogen and oxygen atoms in total. The first kappa shape index (κ1) is 11.0. The Bertz CT molecular complexity index is 575. The summed E-state index contributed by atoms with van der Waals surface area (Å²) in [6, 6.07) is 3.94. The average Bonchev–Trinajstić information content (AvgIpc) is 2.98. The molecule has 18 heavy (non-hydrogen) atoms. The topological polar surface area (TPSA) is 63.2 Å². The summed E-state index contributed by atoms with van der Waals surface area (Å²) in [5, 5.41) is 1.97. The number of rotatable bonds is 3. The lowest BCUT2D eigenvalue weighted by Gasteiger charge is -2.11. The molecule has 2 aromatic heterocycles. The van der Waals surface area contributed by atoms with Crippen LogP contribution < -0.4 is 0 Å². The van der Waals surface area contributed by atoms with Crippen LogP contribution >= 0.6 is 11.3 Å². The number of hydrogen-bond donors (Lipinski definition) is 0. The summed E-state index contributed by atoms with van der Waals surface area (Å²) in [7, 11) is 0. The van der Waals surface area contributed by atoms with Crippen LogP contribution in [0.5, 0.6) is 0 Å². The summed E-state index contributed by atoms with van der Waals surface area (Å²) in [6.45, 7) is 0.371. The van der Waals surface area contributed by atoms with E-state index in [9.17, 15) is 9.59 Å². The van der Waals surface area contributed by atoms with Gasteiger partial charge in [-0.3, -0.25) is 14.5 Å². The second kappa shape index (κ2) is 4.30. The molecule has 0 N–H and O–H groups in total. The van der Waals surface area contributed by atoms with Crippen LogP contribution in [0.3, 0.4) is 0 Å². The molecule has 2 amide bonds. The highest BCUT2D eigenvalue weighted by Crippen LogP contribution is 2.19. The Morgan fingerprint density at radius 2 is 1.78 bits per heavy atom. The number of thiophene rings is 1. The van der Waals surface area contributed by atoms with Gasteiger partial charge in [-0.25, -0.2) is 9.97 Å². The Kier molecular flexibility index (Phi) is 2.64. The highest BCUT2D eigenvalue weighted by atomic mass is 32.1. The van der Waals surface area contributed by atoms with Gasteiger partial charge in [0.1, 0.15) is 0 Å². The van der Waals surface area contributed by atoms with E-state index in [2.05, 4.69) is 9.97 Å². The van der Waals surface area contributed by atoms with Gasteiger partial charge in [0.25, 0.3) is 11.8 Å². The molecule has 0 unspecified atom stereocenters. The second-order valence-electron chi connectivity index (χ2n) is 3.84. The summed E-state index contributed by atoms with van der Waals surface area (Å²) in [5.41, 5.74) is 0.322. The normalized spacial score (nSPS) is 14.1. The van der Waals surface area contributed by atoms with E-state index in [1.165, 1.54) is 17.3 Å². The number of aromatic nitrogens is 2. The smallest absolute Gasteiger partial charge is 0.271 e. The maximum Gasteiger partial charge on any atom is 0.281 e. The van der Waals surface area contributed by atoms with Crippen molar-refractivity contribution < 1.29 is 9.59 Å². The van der Waals surface area contributed by atoms with E-state index in [-0.39, 0.29) is 23.2 Å². The molecular weight excluding hydrogens is 250 g/mol. The van der Waals surface area contributed by atoms with Gasteiger partial charge < -0.3 is 0 Å². The predicted octanol–water partition coefficient (Wildman–Crippen LogP) is 1.38. The van der Waals surface area contributed by atoms with Crippen molar-refractivity contribution in [3.63, 3.8) is 0 Å². The lowest BCUT2D eigenvalue weighted by molar-refractivity contribution is 0.0653. The van der Waals surface area contributed by atoms with Crippen LogP contribution in [0.15, 0.2) is 29.9 Å². The molecule has 0 fully saturated rings. The van der Waals surface area contributed by atoms with E-state index >= 15 is 0 Å². The highest BCUT2D eigenvalue weighted by Gasteiger charge is 2.37. The predicted molar refractivity (Wildman–Crippen MR) is 65.4 cm³/mol. The zero-order valence-corrected chi connectivity index (χ0v) is 10.2. The molecule has 1 aliphatic heterocycles. The van der Waals surface area contributed by atoms with Crippen molar-refractivity contribution in [2.75, 3.05) is 6.54 Å². The number of imide groups is 1. The number of amides is 2. The van der Waals surface area contributed by atoms with Gasteiger partial charge in [-0.05, 0) is 17.9 Å². The number of nitrogens with zero attached hydrogens (tertiary/aromatic N) is 3. The van der Waals surface area contributed by atoms with Crippen molar-refractivity contribution in [3.05, 3.63) is 46.2 Å². The van der Waals surface area contributed by atoms with Crippen molar-refractivity contribution in [1.29, 1.82) is 0 Å². The SMILES string of the molecule is O=C1c2nccnc2C(=O)N1CCc1cccs1. The van der Waals surface area contributed by atoms with Gasteiger partial charge in [0.05, 0.1) is 0 Å². The number of fused-ring (bicyclic) bond motifs is 1. The Balaban J connectivity index is 1.80. The Hall–Kier alpha value is -2.08. The molecule has 0 atom stereocenters. The maximum atomic E-state index is 12.0. The molecule has 0 spiro atoms. The van der Waals surface area contributed by atoms with Crippen molar-refractivity contribution in [2.45, 2.75) is 6.42 Å². The molecule has 1 aliphatic rings. The summed E-state index contributed by atoms with van der Waals surface area (Å²) >= 11 is 1.61. The largest absolute Gasteiger partial charge is 0.281 e. The van der Waals surface area contributed by atoms with Crippen LogP contribution in [-0.4, -0.2) is 33.2 Å². The van der Waals surface area contributed by atoms with E-state index in [0.717, 1.165) is 4.88 Å². The second-order valence-corrected chi connectivity index (χ2v) is 4.88. The Morgan fingerprint density at radius 1 is 1.11 bits per heavy atom. The molecular formula is C12H9N3O2S.